The van der Waals surface area contributed by atoms with Crippen molar-refractivity contribution < 1.29 is 25.2 Å². The molecule has 5 N–H and O–H groups in total. The Morgan fingerprint density at radius 3 is 1.14 bits per heavy atom. The van der Waals surface area contributed by atoms with Crippen molar-refractivity contribution >= 4 is 5.91 Å². The third kappa shape index (κ3) is 34.6. The first-order chi connectivity index (χ1) is 25.0. The molecule has 0 saturated carbocycles. The lowest BCUT2D eigenvalue weighted by Gasteiger charge is -2.27. The summed E-state index contributed by atoms with van der Waals surface area (Å²) in [6, 6.07) is -0.979. The molecule has 0 radical (unpaired) electrons. The normalized spacial score (nSPS) is 14.2. The molecule has 0 aliphatic carbocycles. The van der Waals surface area contributed by atoms with E-state index in [-0.39, 0.29) is 0 Å². The highest BCUT2D eigenvalue weighted by Gasteiger charge is 2.28. The molecule has 0 rings (SSSR count). The Kier molecular flexibility index (Phi) is 39.5. The van der Waals surface area contributed by atoms with Gasteiger partial charge in [0.2, 0.25) is 5.91 Å². The minimum Gasteiger partial charge on any atom is -0.394 e. The number of aliphatic hydroxyl groups is 4. The highest BCUT2D eigenvalue weighted by molar-refractivity contribution is 5.80. The lowest BCUT2D eigenvalue weighted by atomic mass is 9.99. The van der Waals surface area contributed by atoms with Crippen LogP contribution in [0.4, 0.5) is 0 Å². The minimum atomic E-state index is -1.25. The summed E-state index contributed by atoms with van der Waals surface area (Å²) in [4.78, 5) is 12.4. The molecule has 0 fully saturated rings. The molecule has 0 spiro atoms. The summed E-state index contributed by atoms with van der Waals surface area (Å²) in [5, 5.41) is 43.3. The molecule has 0 aromatic carbocycles. The summed E-state index contributed by atoms with van der Waals surface area (Å²) >= 11 is 0. The van der Waals surface area contributed by atoms with Crippen LogP contribution >= 0.6 is 0 Å². The molecule has 0 saturated heterocycles. The molecule has 6 nitrogen and oxygen atoms in total. The smallest absolute Gasteiger partial charge is 0.249 e. The van der Waals surface area contributed by atoms with Crippen molar-refractivity contribution in [1.29, 1.82) is 0 Å². The van der Waals surface area contributed by atoms with Crippen LogP contribution < -0.4 is 5.32 Å². The first-order valence-corrected chi connectivity index (χ1v) is 22.6. The van der Waals surface area contributed by atoms with Gasteiger partial charge in [0.15, 0.2) is 0 Å². The fourth-order valence-electron chi connectivity index (χ4n) is 7.11. The van der Waals surface area contributed by atoms with Crippen molar-refractivity contribution in [2.75, 3.05) is 6.61 Å². The molecule has 0 aliphatic heterocycles. The van der Waals surface area contributed by atoms with E-state index in [0.29, 0.717) is 12.8 Å². The molecule has 0 aliphatic rings. The molecule has 4 unspecified atom stereocenters. The number of aliphatic hydroxyl groups excluding tert-OH is 4. The van der Waals surface area contributed by atoms with Crippen molar-refractivity contribution in [3.63, 3.8) is 0 Å². The van der Waals surface area contributed by atoms with E-state index in [1.807, 2.05) is 0 Å². The molecular formula is C45H89NO5. The summed E-state index contributed by atoms with van der Waals surface area (Å²) in [6.07, 6.45) is 44.3. The van der Waals surface area contributed by atoms with Gasteiger partial charge in [-0.2, -0.15) is 0 Å². The molecule has 51 heavy (non-hydrogen) atoms. The van der Waals surface area contributed by atoms with Crippen molar-refractivity contribution in [3.8, 4) is 0 Å². The van der Waals surface area contributed by atoms with Gasteiger partial charge < -0.3 is 25.7 Å². The van der Waals surface area contributed by atoms with Crippen molar-refractivity contribution in [2.24, 2.45) is 0 Å². The van der Waals surface area contributed by atoms with E-state index < -0.39 is 36.9 Å². The summed E-state index contributed by atoms with van der Waals surface area (Å²) < 4.78 is 0. The first kappa shape index (κ1) is 50.1. The third-order valence-electron chi connectivity index (χ3n) is 10.7. The van der Waals surface area contributed by atoms with Gasteiger partial charge >= 0.3 is 0 Å². The monoisotopic (exact) mass is 724 g/mol. The second kappa shape index (κ2) is 40.2. The predicted octanol–water partition coefficient (Wildman–Crippen LogP) is 11.8. The van der Waals surface area contributed by atoms with Gasteiger partial charge in [-0.3, -0.25) is 4.79 Å². The molecule has 1 amide bonds. The fourth-order valence-corrected chi connectivity index (χ4v) is 7.11. The molecule has 0 aromatic heterocycles. The number of unbranched alkanes of at least 4 members (excludes halogenated alkanes) is 30. The summed E-state index contributed by atoms with van der Waals surface area (Å²) in [6.45, 7) is 4.00. The van der Waals surface area contributed by atoms with E-state index in [9.17, 15) is 25.2 Å². The molecule has 0 heterocycles. The maximum absolute atomic E-state index is 12.4. The minimum absolute atomic E-state index is 0.371. The molecule has 4 atom stereocenters. The van der Waals surface area contributed by atoms with Crippen molar-refractivity contribution in [2.45, 2.75) is 263 Å². The van der Waals surface area contributed by atoms with Gasteiger partial charge in [-0.05, 0) is 38.5 Å². The Bertz CT molecular complexity index is 731. The lowest BCUT2D eigenvalue weighted by Crippen LogP contribution is -2.53. The van der Waals surface area contributed by atoms with Gasteiger partial charge in [0.1, 0.15) is 12.2 Å². The quantitative estimate of drug-likeness (QED) is 0.0319. The Hall–Kier alpha value is -0.950. The van der Waals surface area contributed by atoms with E-state index in [1.54, 1.807) is 0 Å². The lowest BCUT2D eigenvalue weighted by molar-refractivity contribution is -0.132. The Morgan fingerprint density at radius 2 is 0.784 bits per heavy atom. The van der Waals surface area contributed by atoms with Crippen molar-refractivity contribution in [3.05, 3.63) is 12.2 Å². The summed E-state index contributed by atoms with van der Waals surface area (Å²) in [5.41, 5.74) is 0. The van der Waals surface area contributed by atoms with Crippen molar-refractivity contribution in [1.82, 2.24) is 5.32 Å². The van der Waals surface area contributed by atoms with Gasteiger partial charge in [0, 0.05) is 0 Å². The maximum atomic E-state index is 12.4. The van der Waals surface area contributed by atoms with Crippen LogP contribution in [-0.4, -0.2) is 57.3 Å². The molecule has 0 aromatic rings. The summed E-state index contributed by atoms with van der Waals surface area (Å²) in [7, 11) is 0. The average molecular weight is 724 g/mol. The van der Waals surface area contributed by atoms with Gasteiger partial charge in [0.25, 0.3) is 0 Å². The largest absolute Gasteiger partial charge is 0.394 e. The summed E-state index contributed by atoms with van der Waals surface area (Å²) in [5.74, 6) is -0.585. The number of amides is 1. The molecule has 304 valence electrons. The third-order valence-corrected chi connectivity index (χ3v) is 10.7. The van der Waals surface area contributed by atoms with E-state index in [0.717, 1.165) is 38.5 Å². The van der Waals surface area contributed by atoms with E-state index in [2.05, 4.69) is 31.3 Å². The molecule has 6 heteroatoms. The van der Waals surface area contributed by atoms with Crippen LogP contribution in [0.3, 0.4) is 0 Å². The SMILES string of the molecule is CCCCCCCCCCCCCC/C=C\CCCCCCCCCCCCCCC(O)C(=O)NC(CO)C(O)C(O)CCCCCCCCC. The number of nitrogens with one attached hydrogen (secondary N) is 1. The van der Waals surface area contributed by atoms with E-state index >= 15 is 0 Å². The fraction of sp³-hybridized carbons (Fsp3) is 0.933. The zero-order chi connectivity index (χ0) is 37.5. The van der Waals surface area contributed by atoms with Gasteiger partial charge in [-0.25, -0.2) is 0 Å². The number of hydrogen-bond donors (Lipinski definition) is 5. The van der Waals surface area contributed by atoms with Gasteiger partial charge in [0.05, 0.1) is 18.8 Å². The Morgan fingerprint density at radius 1 is 0.471 bits per heavy atom. The van der Waals surface area contributed by atoms with E-state index in [1.165, 1.54) is 173 Å². The van der Waals surface area contributed by atoms with Gasteiger partial charge in [-0.1, -0.05) is 212 Å². The first-order valence-electron chi connectivity index (χ1n) is 22.6. The van der Waals surface area contributed by atoms with Crippen LogP contribution in [0.15, 0.2) is 12.2 Å². The number of rotatable bonds is 41. The zero-order valence-electron chi connectivity index (χ0n) is 34.1. The Balaban J connectivity index is 3.55. The molecule has 0 bridgehead atoms. The second-order valence-corrected chi connectivity index (χ2v) is 15.8. The number of carbonyl (C=O) groups is 1. The number of carbonyl (C=O) groups excluding carboxylic acids is 1. The highest BCUT2D eigenvalue weighted by Crippen LogP contribution is 2.16. The van der Waals surface area contributed by atoms with Crippen LogP contribution in [0.2, 0.25) is 0 Å². The van der Waals surface area contributed by atoms with E-state index in [4.69, 9.17) is 0 Å². The molecular weight excluding hydrogens is 634 g/mol. The predicted molar refractivity (Wildman–Crippen MR) is 219 cm³/mol. The van der Waals surface area contributed by atoms with Crippen LogP contribution in [0.1, 0.15) is 239 Å². The number of allylic oxidation sites excluding steroid dienone is 2. The second-order valence-electron chi connectivity index (χ2n) is 15.8. The van der Waals surface area contributed by atoms with Crippen LogP contribution in [-0.2, 0) is 4.79 Å². The average Bonchev–Trinajstić information content (AvgIpc) is 3.13. The topological polar surface area (TPSA) is 110 Å². The zero-order valence-corrected chi connectivity index (χ0v) is 34.1. The van der Waals surface area contributed by atoms with Crippen LogP contribution in [0, 0.1) is 0 Å². The number of hydrogen-bond acceptors (Lipinski definition) is 5. The van der Waals surface area contributed by atoms with Gasteiger partial charge in [-0.15, -0.1) is 0 Å². The van der Waals surface area contributed by atoms with Crippen LogP contribution in [0.5, 0.6) is 0 Å². The maximum Gasteiger partial charge on any atom is 0.249 e. The van der Waals surface area contributed by atoms with Crippen LogP contribution in [0.25, 0.3) is 0 Å². The Labute approximate surface area is 317 Å². The standard InChI is InChI=1S/C45H89NO5/c1-3-5-7-9-11-12-13-14-15-16-17-18-19-20-21-22-23-24-25-26-27-28-29-30-31-33-35-37-39-43(49)45(51)46-41(40-47)44(50)42(48)38-36-34-32-10-8-6-4-2/h20-21,41-44,47-50H,3-19,22-40H2,1-2H3,(H,46,51)/b21-20-. The highest BCUT2D eigenvalue weighted by atomic mass is 16.3.